The van der Waals surface area contributed by atoms with Gasteiger partial charge in [0, 0.05) is 11.9 Å². The zero-order valence-electron chi connectivity index (χ0n) is 10.5. The Morgan fingerprint density at radius 2 is 1.95 bits per heavy atom. The van der Waals surface area contributed by atoms with Crippen LogP contribution in [0, 0.1) is 0 Å². The smallest absolute Gasteiger partial charge is 0.308 e. The zero-order chi connectivity index (χ0) is 13.1. The number of rotatable bonds is 2. The van der Waals surface area contributed by atoms with Crippen LogP contribution in [0.15, 0.2) is 42.6 Å². The lowest BCUT2D eigenvalue weighted by Gasteiger charge is -2.08. The predicted molar refractivity (Wildman–Crippen MR) is 75.3 cm³/mol. The molecule has 1 heterocycles. The number of carbonyl (C=O) groups is 1. The number of aryl methyl sites for hydroxylation is 2. The van der Waals surface area contributed by atoms with Crippen LogP contribution in [0.1, 0.15) is 17.5 Å². The molecule has 0 radical (unpaired) electrons. The maximum Gasteiger partial charge on any atom is 0.324 e. The first-order chi connectivity index (χ1) is 9.31. The van der Waals surface area contributed by atoms with Gasteiger partial charge in [0.1, 0.15) is 5.82 Å². The fraction of sp³-hybridized carbons (Fsp3) is 0.200. The van der Waals surface area contributed by atoms with Gasteiger partial charge < -0.3 is 5.32 Å². The third kappa shape index (κ3) is 2.73. The van der Waals surface area contributed by atoms with Gasteiger partial charge in [0.15, 0.2) is 0 Å². The van der Waals surface area contributed by atoms with Gasteiger partial charge in [0.05, 0.1) is 0 Å². The molecule has 1 aliphatic carbocycles. The third-order valence-corrected chi connectivity index (χ3v) is 3.26. The van der Waals surface area contributed by atoms with Gasteiger partial charge in [-0.25, -0.2) is 9.78 Å². The summed E-state index contributed by atoms with van der Waals surface area (Å²) in [4.78, 5) is 15.9. The topological polar surface area (TPSA) is 54.0 Å². The molecule has 2 amide bonds. The summed E-state index contributed by atoms with van der Waals surface area (Å²) in [5, 5.41) is 5.53. The van der Waals surface area contributed by atoms with Crippen molar-refractivity contribution < 1.29 is 4.79 Å². The van der Waals surface area contributed by atoms with Crippen molar-refractivity contribution in [2.24, 2.45) is 0 Å². The van der Waals surface area contributed by atoms with E-state index >= 15 is 0 Å². The van der Waals surface area contributed by atoms with E-state index in [2.05, 4.69) is 27.8 Å². The number of carbonyl (C=O) groups excluding carboxylic acids is 1. The molecule has 96 valence electrons. The molecule has 1 aliphatic rings. The molecule has 0 saturated carbocycles. The van der Waals surface area contributed by atoms with E-state index in [1.54, 1.807) is 12.3 Å². The average Bonchev–Trinajstić information content (AvgIpc) is 2.87. The van der Waals surface area contributed by atoms with Crippen molar-refractivity contribution in [3.63, 3.8) is 0 Å². The number of anilines is 2. The first-order valence-electron chi connectivity index (χ1n) is 6.42. The predicted octanol–water partition coefficient (Wildman–Crippen LogP) is 3.21. The van der Waals surface area contributed by atoms with E-state index in [4.69, 9.17) is 0 Å². The van der Waals surface area contributed by atoms with E-state index < -0.39 is 0 Å². The van der Waals surface area contributed by atoms with Crippen LogP contribution in [0.25, 0.3) is 0 Å². The van der Waals surface area contributed by atoms with Crippen LogP contribution in [-0.2, 0) is 12.8 Å². The molecule has 1 aromatic heterocycles. The third-order valence-electron chi connectivity index (χ3n) is 3.26. The number of benzene rings is 1. The lowest BCUT2D eigenvalue weighted by Crippen LogP contribution is -2.20. The summed E-state index contributed by atoms with van der Waals surface area (Å²) in [5.41, 5.74) is 3.57. The highest BCUT2D eigenvalue weighted by Gasteiger charge is 2.11. The molecule has 1 aromatic carbocycles. The lowest BCUT2D eigenvalue weighted by molar-refractivity contribution is 0.262. The van der Waals surface area contributed by atoms with Crippen molar-refractivity contribution in [2.45, 2.75) is 19.3 Å². The second-order valence-corrected chi connectivity index (χ2v) is 4.63. The molecule has 3 rings (SSSR count). The van der Waals surface area contributed by atoms with Crippen molar-refractivity contribution in [1.29, 1.82) is 0 Å². The minimum Gasteiger partial charge on any atom is -0.308 e. The zero-order valence-corrected chi connectivity index (χ0v) is 10.5. The van der Waals surface area contributed by atoms with Crippen LogP contribution < -0.4 is 10.6 Å². The molecule has 4 heteroatoms. The highest BCUT2D eigenvalue weighted by Crippen LogP contribution is 2.24. The molecule has 4 nitrogen and oxygen atoms in total. The van der Waals surface area contributed by atoms with Gasteiger partial charge in [-0.2, -0.15) is 0 Å². The normalized spacial score (nSPS) is 12.8. The van der Waals surface area contributed by atoms with E-state index in [-0.39, 0.29) is 6.03 Å². The molecular weight excluding hydrogens is 238 g/mol. The summed E-state index contributed by atoms with van der Waals surface area (Å²) in [5.74, 6) is 0.543. The van der Waals surface area contributed by atoms with Crippen LogP contribution >= 0.6 is 0 Å². The number of aromatic nitrogens is 1. The van der Waals surface area contributed by atoms with Crippen LogP contribution in [-0.4, -0.2) is 11.0 Å². The monoisotopic (exact) mass is 253 g/mol. The van der Waals surface area contributed by atoms with Gasteiger partial charge in [0.25, 0.3) is 0 Å². The largest absolute Gasteiger partial charge is 0.324 e. The Morgan fingerprint density at radius 1 is 1.05 bits per heavy atom. The number of amides is 2. The molecule has 19 heavy (non-hydrogen) atoms. The molecule has 2 aromatic rings. The number of nitrogens with zero attached hydrogens (tertiary/aromatic N) is 1. The first kappa shape index (κ1) is 11.7. The number of hydrogen-bond acceptors (Lipinski definition) is 2. The Bertz CT molecular complexity index is 596. The summed E-state index contributed by atoms with van der Waals surface area (Å²) < 4.78 is 0. The number of hydrogen-bond donors (Lipinski definition) is 2. The standard InChI is InChI=1S/C15H15N3O/c19-15(18-14-6-1-2-9-16-14)17-13-8-7-11-4-3-5-12(11)10-13/h1-2,6-10H,3-5H2,(H2,16,17,18,19). The Hall–Kier alpha value is -2.36. The van der Waals surface area contributed by atoms with Crippen molar-refractivity contribution in [1.82, 2.24) is 4.98 Å². The van der Waals surface area contributed by atoms with E-state index in [1.807, 2.05) is 18.2 Å². The second kappa shape index (κ2) is 5.10. The van der Waals surface area contributed by atoms with Crippen molar-refractivity contribution >= 4 is 17.5 Å². The Labute approximate surface area is 111 Å². The molecule has 0 fully saturated rings. The maximum absolute atomic E-state index is 11.8. The molecule has 0 spiro atoms. The second-order valence-electron chi connectivity index (χ2n) is 4.63. The average molecular weight is 253 g/mol. The SMILES string of the molecule is O=C(Nc1ccc2c(c1)CCC2)Nc1ccccn1. The minimum atomic E-state index is -0.267. The van der Waals surface area contributed by atoms with Gasteiger partial charge >= 0.3 is 6.03 Å². The first-order valence-corrected chi connectivity index (χ1v) is 6.42. The number of urea groups is 1. The van der Waals surface area contributed by atoms with Crippen molar-refractivity contribution in [3.8, 4) is 0 Å². The molecular formula is C15H15N3O. The summed E-state index contributed by atoms with van der Waals surface area (Å²) in [6.07, 6.45) is 5.10. The molecule has 0 bridgehead atoms. The number of nitrogens with one attached hydrogen (secondary N) is 2. The van der Waals surface area contributed by atoms with E-state index in [0.717, 1.165) is 18.5 Å². The molecule has 0 aliphatic heterocycles. The summed E-state index contributed by atoms with van der Waals surface area (Å²) >= 11 is 0. The van der Waals surface area contributed by atoms with Crippen molar-refractivity contribution in [2.75, 3.05) is 10.6 Å². The fourth-order valence-corrected chi connectivity index (χ4v) is 2.36. The van der Waals surface area contributed by atoms with Crippen LogP contribution in [0.5, 0.6) is 0 Å². The van der Waals surface area contributed by atoms with Gasteiger partial charge in [0.2, 0.25) is 0 Å². The molecule has 0 atom stereocenters. The summed E-state index contributed by atoms with van der Waals surface area (Å²) in [6.45, 7) is 0. The Balaban J connectivity index is 1.66. The van der Waals surface area contributed by atoms with Crippen molar-refractivity contribution in [3.05, 3.63) is 53.7 Å². The number of fused-ring (bicyclic) bond motifs is 1. The van der Waals surface area contributed by atoms with Gasteiger partial charge in [-0.15, -0.1) is 0 Å². The highest BCUT2D eigenvalue weighted by molar-refractivity contribution is 5.99. The Morgan fingerprint density at radius 3 is 2.79 bits per heavy atom. The maximum atomic E-state index is 11.8. The fourth-order valence-electron chi connectivity index (χ4n) is 2.36. The lowest BCUT2D eigenvalue weighted by atomic mass is 10.1. The quantitative estimate of drug-likeness (QED) is 0.863. The molecule has 0 unspecified atom stereocenters. The van der Waals surface area contributed by atoms with Crippen LogP contribution in [0.3, 0.4) is 0 Å². The molecule has 0 saturated heterocycles. The number of pyridine rings is 1. The molecule has 2 N–H and O–H groups in total. The summed E-state index contributed by atoms with van der Waals surface area (Å²) in [6, 6.07) is 11.2. The van der Waals surface area contributed by atoms with Crippen LogP contribution in [0.4, 0.5) is 16.3 Å². The highest BCUT2D eigenvalue weighted by atomic mass is 16.2. The summed E-state index contributed by atoms with van der Waals surface area (Å²) in [7, 11) is 0. The van der Waals surface area contributed by atoms with E-state index in [1.165, 1.54) is 17.5 Å². The Kier molecular flexibility index (Phi) is 3.14. The van der Waals surface area contributed by atoms with Gasteiger partial charge in [-0.1, -0.05) is 12.1 Å². The van der Waals surface area contributed by atoms with Gasteiger partial charge in [-0.3, -0.25) is 5.32 Å². The van der Waals surface area contributed by atoms with E-state index in [9.17, 15) is 4.79 Å². The van der Waals surface area contributed by atoms with E-state index in [0.29, 0.717) is 5.82 Å². The minimum absolute atomic E-state index is 0.267. The van der Waals surface area contributed by atoms with Gasteiger partial charge in [-0.05, 0) is 54.7 Å². The van der Waals surface area contributed by atoms with Crippen LogP contribution in [0.2, 0.25) is 0 Å².